The van der Waals surface area contributed by atoms with E-state index in [0.29, 0.717) is 36.6 Å². The fourth-order valence-corrected chi connectivity index (χ4v) is 5.75. The van der Waals surface area contributed by atoms with Crippen molar-refractivity contribution in [3.8, 4) is 11.5 Å². The van der Waals surface area contributed by atoms with Gasteiger partial charge in [0.1, 0.15) is 22.1 Å². The van der Waals surface area contributed by atoms with Crippen LogP contribution in [0.4, 0.5) is 0 Å². The van der Waals surface area contributed by atoms with Gasteiger partial charge in [-0.3, -0.25) is 4.79 Å². The van der Waals surface area contributed by atoms with E-state index < -0.39 is 15.9 Å². The van der Waals surface area contributed by atoms with E-state index in [0.717, 1.165) is 5.56 Å². The van der Waals surface area contributed by atoms with Gasteiger partial charge >= 0.3 is 0 Å². The van der Waals surface area contributed by atoms with E-state index in [1.54, 1.807) is 40.2 Å². The Morgan fingerprint density at radius 1 is 1.29 bits per heavy atom. The molecule has 9 nitrogen and oxygen atoms in total. The summed E-state index contributed by atoms with van der Waals surface area (Å²) in [5, 5.41) is 6.75. The second-order valence-electron chi connectivity index (χ2n) is 7.69. The Morgan fingerprint density at radius 3 is 2.65 bits per heavy atom. The van der Waals surface area contributed by atoms with Crippen LogP contribution < -0.4 is 14.8 Å². The Bertz CT molecular complexity index is 1030. The summed E-state index contributed by atoms with van der Waals surface area (Å²) in [5.74, 6) is 0.896. The predicted molar refractivity (Wildman–Crippen MR) is 114 cm³/mol. The molecule has 1 aliphatic rings. The lowest BCUT2D eigenvalue weighted by atomic mass is 9.97. The smallest absolute Gasteiger partial charge is 0.248 e. The van der Waals surface area contributed by atoms with Crippen molar-refractivity contribution in [1.29, 1.82) is 0 Å². The highest BCUT2D eigenvalue weighted by molar-refractivity contribution is 7.89. The third-order valence-electron chi connectivity index (χ3n) is 5.58. The molecular formula is C21H29N3O6S. The number of methoxy groups -OCH3 is 2. The van der Waals surface area contributed by atoms with Crippen LogP contribution in [0.2, 0.25) is 0 Å². The highest BCUT2D eigenvalue weighted by Crippen LogP contribution is 2.31. The van der Waals surface area contributed by atoms with Gasteiger partial charge in [0.15, 0.2) is 5.76 Å². The van der Waals surface area contributed by atoms with Gasteiger partial charge in [0.05, 0.1) is 26.2 Å². The number of nitrogens with zero attached hydrogens (tertiary/aromatic N) is 2. The van der Waals surface area contributed by atoms with Crippen molar-refractivity contribution in [3.63, 3.8) is 0 Å². The number of aromatic nitrogens is 1. The van der Waals surface area contributed by atoms with Gasteiger partial charge in [-0.05, 0) is 51.8 Å². The Hall–Kier alpha value is -2.59. The summed E-state index contributed by atoms with van der Waals surface area (Å²) >= 11 is 0. The minimum atomic E-state index is -3.79. The van der Waals surface area contributed by atoms with Crippen LogP contribution in [0, 0.1) is 19.8 Å². The van der Waals surface area contributed by atoms with Crippen LogP contribution >= 0.6 is 0 Å². The molecule has 1 aromatic heterocycles. The topological polar surface area (TPSA) is 111 Å². The third kappa shape index (κ3) is 4.69. The average Bonchev–Trinajstić information content (AvgIpc) is 3.11. The van der Waals surface area contributed by atoms with Gasteiger partial charge in [0.2, 0.25) is 15.9 Å². The van der Waals surface area contributed by atoms with Crippen molar-refractivity contribution in [2.45, 2.75) is 44.6 Å². The van der Waals surface area contributed by atoms with Crippen LogP contribution in [0.25, 0.3) is 0 Å². The Balaban J connectivity index is 1.74. The first-order valence-electron chi connectivity index (χ1n) is 10.1. The number of rotatable bonds is 7. The standard InChI is InChI=1S/C21H29N3O6S/c1-13(18-11-17(28-4)8-9-19(18)29-5)22-21(25)16-7-6-10-24(12-16)31(26,27)20-14(2)23-30-15(20)3/h8-9,11,13,16H,6-7,10,12H2,1-5H3,(H,22,25). The number of amides is 1. The second-order valence-corrected chi connectivity index (χ2v) is 9.57. The summed E-state index contributed by atoms with van der Waals surface area (Å²) in [6.07, 6.45) is 1.21. The molecule has 2 atom stereocenters. The minimum Gasteiger partial charge on any atom is -0.497 e. The first kappa shape index (κ1) is 23.1. The molecule has 1 aliphatic heterocycles. The van der Waals surface area contributed by atoms with E-state index in [4.69, 9.17) is 14.0 Å². The lowest BCUT2D eigenvalue weighted by Gasteiger charge is -2.32. The number of carbonyl (C=O) groups is 1. The number of hydrogen-bond donors (Lipinski definition) is 1. The zero-order valence-electron chi connectivity index (χ0n) is 18.5. The van der Waals surface area contributed by atoms with Crippen LogP contribution in [-0.4, -0.2) is 51.1 Å². The summed E-state index contributed by atoms with van der Waals surface area (Å²) < 4.78 is 43.3. The van der Waals surface area contributed by atoms with Crippen LogP contribution in [0.15, 0.2) is 27.6 Å². The number of sulfonamides is 1. The highest BCUT2D eigenvalue weighted by atomic mass is 32.2. The molecular weight excluding hydrogens is 422 g/mol. The van der Waals surface area contributed by atoms with E-state index in [9.17, 15) is 13.2 Å². The molecule has 170 valence electrons. The fraction of sp³-hybridized carbons (Fsp3) is 0.524. The van der Waals surface area contributed by atoms with E-state index in [1.165, 1.54) is 4.31 Å². The van der Waals surface area contributed by atoms with Gasteiger partial charge in [0.25, 0.3) is 0 Å². The van der Waals surface area contributed by atoms with Gasteiger partial charge in [-0.25, -0.2) is 8.42 Å². The van der Waals surface area contributed by atoms with Crippen molar-refractivity contribution < 1.29 is 27.2 Å². The molecule has 1 amide bonds. The van der Waals surface area contributed by atoms with Gasteiger partial charge in [-0.2, -0.15) is 4.31 Å². The van der Waals surface area contributed by atoms with Gasteiger partial charge in [-0.15, -0.1) is 0 Å². The molecule has 1 aromatic carbocycles. The van der Waals surface area contributed by atoms with Crippen LogP contribution in [0.1, 0.15) is 42.8 Å². The van der Waals surface area contributed by atoms with Crippen molar-refractivity contribution in [3.05, 3.63) is 35.2 Å². The predicted octanol–water partition coefficient (Wildman–Crippen LogP) is 2.59. The highest BCUT2D eigenvalue weighted by Gasteiger charge is 2.36. The molecule has 2 heterocycles. The van der Waals surface area contributed by atoms with Gasteiger partial charge < -0.3 is 19.3 Å². The molecule has 31 heavy (non-hydrogen) atoms. The van der Waals surface area contributed by atoms with E-state index in [-0.39, 0.29) is 29.1 Å². The van der Waals surface area contributed by atoms with Gasteiger partial charge in [-0.1, -0.05) is 5.16 Å². The summed E-state index contributed by atoms with van der Waals surface area (Å²) in [6.45, 7) is 5.50. The van der Waals surface area contributed by atoms with Crippen LogP contribution in [0.5, 0.6) is 11.5 Å². The molecule has 2 aromatic rings. The van der Waals surface area contributed by atoms with Gasteiger partial charge in [0, 0.05) is 18.7 Å². The van der Waals surface area contributed by atoms with Crippen molar-refractivity contribution in [1.82, 2.24) is 14.8 Å². The molecule has 1 saturated heterocycles. The molecule has 0 saturated carbocycles. The van der Waals surface area contributed by atoms with Crippen molar-refractivity contribution >= 4 is 15.9 Å². The normalized spacial score (nSPS) is 18.4. The third-order valence-corrected chi connectivity index (χ3v) is 7.69. The second kappa shape index (κ2) is 9.27. The number of aryl methyl sites for hydroxylation is 2. The summed E-state index contributed by atoms with van der Waals surface area (Å²) in [4.78, 5) is 13.1. The SMILES string of the molecule is COc1ccc(OC)c(C(C)NC(=O)C2CCCN(S(=O)(=O)c3c(C)noc3C)C2)c1. The molecule has 0 bridgehead atoms. The van der Waals surface area contributed by atoms with Crippen molar-refractivity contribution in [2.75, 3.05) is 27.3 Å². The van der Waals surface area contributed by atoms with Crippen LogP contribution in [-0.2, 0) is 14.8 Å². The minimum absolute atomic E-state index is 0.0862. The average molecular weight is 452 g/mol. The Kier molecular flexibility index (Phi) is 6.90. The molecule has 3 rings (SSSR count). The molecule has 10 heteroatoms. The quantitative estimate of drug-likeness (QED) is 0.689. The summed E-state index contributed by atoms with van der Waals surface area (Å²) in [6, 6.07) is 5.05. The molecule has 1 fully saturated rings. The van der Waals surface area contributed by atoms with Crippen molar-refractivity contribution in [2.24, 2.45) is 5.92 Å². The fourth-order valence-electron chi connectivity index (χ4n) is 3.93. The molecule has 1 N–H and O–H groups in total. The Morgan fingerprint density at radius 2 is 2.03 bits per heavy atom. The number of piperidine rings is 1. The first-order valence-corrected chi connectivity index (χ1v) is 11.6. The Labute approximate surface area is 182 Å². The molecule has 0 aliphatic carbocycles. The van der Waals surface area contributed by atoms with E-state index >= 15 is 0 Å². The number of nitrogens with one attached hydrogen (secondary N) is 1. The maximum absolute atomic E-state index is 13.1. The van der Waals surface area contributed by atoms with E-state index in [1.807, 2.05) is 13.0 Å². The van der Waals surface area contributed by atoms with E-state index in [2.05, 4.69) is 10.5 Å². The maximum Gasteiger partial charge on any atom is 0.248 e. The van der Waals surface area contributed by atoms with Crippen LogP contribution in [0.3, 0.4) is 0 Å². The summed E-state index contributed by atoms with van der Waals surface area (Å²) in [7, 11) is -0.644. The zero-order chi connectivity index (χ0) is 22.8. The molecule has 0 spiro atoms. The molecule has 0 radical (unpaired) electrons. The largest absolute Gasteiger partial charge is 0.497 e. The monoisotopic (exact) mass is 451 g/mol. The lowest BCUT2D eigenvalue weighted by molar-refractivity contribution is -0.126. The summed E-state index contributed by atoms with van der Waals surface area (Å²) in [5.41, 5.74) is 1.11. The molecule has 2 unspecified atom stereocenters. The first-order chi connectivity index (χ1) is 14.7. The number of ether oxygens (including phenoxy) is 2. The zero-order valence-corrected chi connectivity index (χ0v) is 19.3. The lowest BCUT2D eigenvalue weighted by Crippen LogP contribution is -2.46. The maximum atomic E-state index is 13.1. The number of carbonyl (C=O) groups excluding carboxylic acids is 1. The number of benzene rings is 1. The number of hydrogen-bond acceptors (Lipinski definition) is 7.